The van der Waals surface area contributed by atoms with Gasteiger partial charge in [-0.2, -0.15) is 0 Å². The molecule has 13 heavy (non-hydrogen) atoms. The third-order valence-electron chi connectivity index (χ3n) is 2.55. The van der Waals surface area contributed by atoms with Gasteiger partial charge in [0.1, 0.15) is 0 Å². The molecule has 0 saturated heterocycles. The van der Waals surface area contributed by atoms with Crippen LogP contribution in [0.15, 0.2) is 22.7 Å². The molecule has 70 valence electrons. The van der Waals surface area contributed by atoms with E-state index in [4.69, 9.17) is 5.73 Å². The predicted molar refractivity (Wildman–Crippen MR) is 58.5 cm³/mol. The van der Waals surface area contributed by atoms with E-state index in [0.29, 0.717) is 6.54 Å². The molecule has 1 fully saturated rings. The molecule has 1 saturated carbocycles. The summed E-state index contributed by atoms with van der Waals surface area (Å²) >= 11 is 3.49. The number of hydrogen-bond acceptors (Lipinski definition) is 1. The number of rotatable bonds is 3. The molecule has 2 heteroatoms. The quantitative estimate of drug-likeness (QED) is 0.863. The lowest BCUT2D eigenvalue weighted by Crippen LogP contribution is -1.99. The molecule has 0 heterocycles. The van der Waals surface area contributed by atoms with Gasteiger partial charge in [-0.1, -0.05) is 28.1 Å². The summed E-state index contributed by atoms with van der Waals surface area (Å²) in [6.07, 6.45) is 4.06. The maximum atomic E-state index is 5.64. The van der Waals surface area contributed by atoms with Crippen molar-refractivity contribution in [3.63, 3.8) is 0 Å². The first kappa shape index (κ1) is 9.22. The summed E-state index contributed by atoms with van der Waals surface area (Å²) in [6.45, 7) is 0.624. The maximum absolute atomic E-state index is 5.64. The summed E-state index contributed by atoms with van der Waals surface area (Å²) in [4.78, 5) is 0. The van der Waals surface area contributed by atoms with Crippen LogP contribution in [0.4, 0.5) is 0 Å². The van der Waals surface area contributed by atoms with Crippen LogP contribution in [0.5, 0.6) is 0 Å². The van der Waals surface area contributed by atoms with E-state index >= 15 is 0 Å². The highest BCUT2D eigenvalue weighted by molar-refractivity contribution is 9.10. The van der Waals surface area contributed by atoms with Gasteiger partial charge in [0.15, 0.2) is 0 Å². The minimum atomic E-state index is 0.624. The first-order valence-electron chi connectivity index (χ1n) is 4.77. The zero-order valence-corrected chi connectivity index (χ0v) is 9.18. The fourth-order valence-corrected chi connectivity index (χ4v) is 1.98. The summed E-state index contributed by atoms with van der Waals surface area (Å²) < 4.78 is 1.13. The molecule has 0 bridgehead atoms. The van der Waals surface area contributed by atoms with Crippen LogP contribution >= 0.6 is 15.9 Å². The molecule has 0 spiro atoms. The van der Waals surface area contributed by atoms with Crippen molar-refractivity contribution in [2.45, 2.75) is 25.8 Å². The summed E-state index contributed by atoms with van der Waals surface area (Å²) in [6, 6.07) is 6.53. The molecular formula is C11H14BrN. The first-order valence-corrected chi connectivity index (χ1v) is 5.56. The lowest BCUT2D eigenvalue weighted by molar-refractivity contribution is 0.829. The van der Waals surface area contributed by atoms with Crippen molar-refractivity contribution in [3.8, 4) is 0 Å². The minimum absolute atomic E-state index is 0.624. The Morgan fingerprint density at radius 3 is 2.77 bits per heavy atom. The SMILES string of the molecule is NCc1cc(CC2CC2)ccc1Br. The van der Waals surface area contributed by atoms with E-state index < -0.39 is 0 Å². The third kappa shape index (κ3) is 2.32. The zero-order chi connectivity index (χ0) is 9.26. The highest BCUT2D eigenvalue weighted by Crippen LogP contribution is 2.33. The van der Waals surface area contributed by atoms with Crippen molar-refractivity contribution >= 4 is 15.9 Å². The molecule has 0 radical (unpaired) electrons. The topological polar surface area (TPSA) is 26.0 Å². The van der Waals surface area contributed by atoms with Crippen molar-refractivity contribution in [1.82, 2.24) is 0 Å². The van der Waals surface area contributed by atoms with Crippen LogP contribution in [0.3, 0.4) is 0 Å². The zero-order valence-electron chi connectivity index (χ0n) is 7.59. The third-order valence-corrected chi connectivity index (χ3v) is 3.32. The lowest BCUT2D eigenvalue weighted by atomic mass is 10.1. The predicted octanol–water partition coefficient (Wildman–Crippen LogP) is 2.86. The number of halogens is 1. The minimum Gasteiger partial charge on any atom is -0.326 e. The standard InChI is InChI=1S/C11H14BrN/c12-11-4-3-9(5-8-1-2-8)6-10(11)7-13/h3-4,6,8H,1-2,5,7,13H2. The van der Waals surface area contributed by atoms with Crippen LogP contribution in [0.1, 0.15) is 24.0 Å². The van der Waals surface area contributed by atoms with Gasteiger partial charge >= 0.3 is 0 Å². The van der Waals surface area contributed by atoms with Crippen LogP contribution in [0.25, 0.3) is 0 Å². The Hall–Kier alpha value is -0.340. The number of hydrogen-bond donors (Lipinski definition) is 1. The van der Waals surface area contributed by atoms with Gasteiger partial charge in [0.05, 0.1) is 0 Å². The van der Waals surface area contributed by atoms with Crippen LogP contribution < -0.4 is 5.73 Å². The Labute approximate surface area is 87.5 Å². The second-order valence-electron chi connectivity index (χ2n) is 3.78. The maximum Gasteiger partial charge on any atom is 0.0220 e. The fourth-order valence-electron chi connectivity index (χ4n) is 1.57. The molecule has 0 atom stereocenters. The summed E-state index contributed by atoms with van der Waals surface area (Å²) in [5.74, 6) is 0.951. The fraction of sp³-hybridized carbons (Fsp3) is 0.455. The molecule has 0 unspecified atom stereocenters. The van der Waals surface area contributed by atoms with Crippen LogP contribution in [-0.2, 0) is 13.0 Å². The largest absolute Gasteiger partial charge is 0.326 e. The van der Waals surface area contributed by atoms with E-state index in [1.54, 1.807) is 0 Å². The van der Waals surface area contributed by atoms with Gasteiger partial charge in [0, 0.05) is 11.0 Å². The summed E-state index contributed by atoms with van der Waals surface area (Å²) in [5.41, 5.74) is 8.29. The van der Waals surface area contributed by atoms with Gasteiger partial charge in [-0.15, -0.1) is 0 Å². The van der Waals surface area contributed by atoms with Gasteiger partial charge in [0.2, 0.25) is 0 Å². The Kier molecular flexibility index (Phi) is 2.70. The second-order valence-corrected chi connectivity index (χ2v) is 4.63. The summed E-state index contributed by atoms with van der Waals surface area (Å²) in [5, 5.41) is 0. The number of nitrogens with two attached hydrogens (primary N) is 1. The van der Waals surface area contributed by atoms with Crippen molar-refractivity contribution in [2.75, 3.05) is 0 Å². The highest BCUT2D eigenvalue weighted by Gasteiger charge is 2.21. The van der Waals surface area contributed by atoms with Crippen molar-refractivity contribution in [1.29, 1.82) is 0 Å². The Bertz CT molecular complexity index is 305. The molecule has 2 rings (SSSR count). The van der Waals surface area contributed by atoms with E-state index in [9.17, 15) is 0 Å². The van der Waals surface area contributed by atoms with Crippen molar-refractivity contribution in [3.05, 3.63) is 33.8 Å². The van der Waals surface area contributed by atoms with E-state index in [1.807, 2.05) is 0 Å². The van der Waals surface area contributed by atoms with Gasteiger partial charge in [-0.05, 0) is 42.4 Å². The van der Waals surface area contributed by atoms with Gasteiger partial charge in [-0.25, -0.2) is 0 Å². The monoisotopic (exact) mass is 239 g/mol. The molecule has 0 aromatic heterocycles. The van der Waals surface area contributed by atoms with E-state index in [1.165, 1.54) is 30.4 Å². The molecular weight excluding hydrogens is 226 g/mol. The Balaban J connectivity index is 2.16. The van der Waals surface area contributed by atoms with Gasteiger partial charge < -0.3 is 5.73 Å². The molecule has 2 N–H and O–H groups in total. The van der Waals surface area contributed by atoms with E-state index in [-0.39, 0.29) is 0 Å². The highest BCUT2D eigenvalue weighted by atomic mass is 79.9. The van der Waals surface area contributed by atoms with Crippen LogP contribution in [-0.4, -0.2) is 0 Å². The normalized spacial score (nSPS) is 16.2. The van der Waals surface area contributed by atoms with Gasteiger partial charge in [0.25, 0.3) is 0 Å². The smallest absolute Gasteiger partial charge is 0.0220 e. The molecule has 1 aromatic carbocycles. The average Bonchev–Trinajstić information content (AvgIpc) is 2.92. The molecule has 1 nitrogen and oxygen atoms in total. The average molecular weight is 240 g/mol. The second kappa shape index (κ2) is 3.81. The van der Waals surface area contributed by atoms with Crippen LogP contribution in [0.2, 0.25) is 0 Å². The van der Waals surface area contributed by atoms with Gasteiger partial charge in [-0.3, -0.25) is 0 Å². The van der Waals surface area contributed by atoms with Crippen molar-refractivity contribution < 1.29 is 0 Å². The Morgan fingerprint density at radius 1 is 1.38 bits per heavy atom. The van der Waals surface area contributed by atoms with E-state index in [2.05, 4.69) is 34.1 Å². The number of benzene rings is 1. The van der Waals surface area contributed by atoms with E-state index in [0.717, 1.165) is 10.4 Å². The molecule has 0 aliphatic heterocycles. The molecule has 0 amide bonds. The summed E-state index contributed by atoms with van der Waals surface area (Å²) in [7, 11) is 0. The Morgan fingerprint density at radius 2 is 2.15 bits per heavy atom. The lowest BCUT2D eigenvalue weighted by Gasteiger charge is -2.04. The molecule has 1 aliphatic rings. The molecule has 1 aliphatic carbocycles. The first-order chi connectivity index (χ1) is 6.29. The molecule has 1 aromatic rings. The van der Waals surface area contributed by atoms with Crippen molar-refractivity contribution in [2.24, 2.45) is 11.7 Å². The van der Waals surface area contributed by atoms with Crippen LogP contribution in [0, 0.1) is 5.92 Å².